The van der Waals surface area contributed by atoms with Gasteiger partial charge in [-0.15, -0.1) is 11.8 Å². The Bertz CT molecular complexity index is 1070. The number of methoxy groups -OCH3 is 1. The fourth-order valence-electron chi connectivity index (χ4n) is 3.95. The molecule has 5 nitrogen and oxygen atoms in total. The van der Waals surface area contributed by atoms with Crippen molar-refractivity contribution in [3.63, 3.8) is 0 Å². The van der Waals surface area contributed by atoms with Crippen molar-refractivity contribution in [1.29, 1.82) is 0 Å². The van der Waals surface area contributed by atoms with Gasteiger partial charge in [-0.25, -0.2) is 0 Å². The quantitative estimate of drug-likeness (QED) is 0.611. The van der Waals surface area contributed by atoms with E-state index in [1.165, 1.54) is 10.5 Å². The van der Waals surface area contributed by atoms with Crippen molar-refractivity contribution in [2.24, 2.45) is 0 Å². The lowest BCUT2D eigenvalue weighted by molar-refractivity contribution is 0.174. The zero-order chi connectivity index (χ0) is 20.5. The van der Waals surface area contributed by atoms with Gasteiger partial charge < -0.3 is 24.2 Å². The van der Waals surface area contributed by atoms with Gasteiger partial charge in [-0.3, -0.25) is 0 Å². The van der Waals surface area contributed by atoms with E-state index in [4.69, 9.17) is 14.2 Å². The Kier molecular flexibility index (Phi) is 5.09. The van der Waals surface area contributed by atoms with E-state index in [-0.39, 0.29) is 12.0 Å². The number of nitrogens with zero attached hydrogens (tertiary/aromatic N) is 1. The number of phenols is 1. The Morgan fingerprint density at radius 1 is 1.07 bits per heavy atom. The Labute approximate surface area is 180 Å². The molecule has 0 aromatic heterocycles. The van der Waals surface area contributed by atoms with Gasteiger partial charge in [0, 0.05) is 28.8 Å². The van der Waals surface area contributed by atoms with Crippen LogP contribution in [0.1, 0.15) is 22.8 Å². The number of aromatic hydroxyl groups is 1. The van der Waals surface area contributed by atoms with Crippen LogP contribution in [0.4, 0.5) is 5.69 Å². The van der Waals surface area contributed by atoms with E-state index in [0.717, 1.165) is 41.5 Å². The Hall–Kier alpha value is -2.99. The Morgan fingerprint density at radius 3 is 2.80 bits per heavy atom. The van der Waals surface area contributed by atoms with Crippen molar-refractivity contribution < 1.29 is 19.3 Å². The van der Waals surface area contributed by atoms with Gasteiger partial charge in [0.25, 0.3) is 0 Å². The summed E-state index contributed by atoms with van der Waals surface area (Å²) < 4.78 is 16.5. The predicted octanol–water partition coefficient (Wildman–Crippen LogP) is 5.37. The van der Waals surface area contributed by atoms with Gasteiger partial charge in [-0.2, -0.15) is 0 Å². The van der Waals surface area contributed by atoms with Gasteiger partial charge in [0.15, 0.2) is 11.5 Å². The summed E-state index contributed by atoms with van der Waals surface area (Å²) in [6.07, 6.45) is 0.967. The van der Waals surface area contributed by atoms with Crippen LogP contribution in [0, 0.1) is 0 Å². The molecule has 0 spiro atoms. The van der Waals surface area contributed by atoms with Gasteiger partial charge in [0.05, 0.1) is 12.8 Å². The zero-order valence-electron chi connectivity index (χ0n) is 16.7. The second-order valence-electron chi connectivity index (χ2n) is 7.39. The first kappa shape index (κ1) is 19.0. The standard InChI is InChI=1S/C24H23NO4S/c1-27-18-7-8-19-24(13-18)30-23(16-6-9-21-22(12-16)29-15-28-21)10-11-25(19)14-17-4-2-3-5-20(17)26/h2-9,12-13,23,26H,10-11,14-15H2,1H3/t23-/m1/s1. The molecule has 0 unspecified atom stereocenters. The third-order valence-electron chi connectivity index (χ3n) is 5.56. The molecule has 1 atom stereocenters. The highest BCUT2D eigenvalue weighted by Gasteiger charge is 2.26. The second-order valence-corrected chi connectivity index (χ2v) is 8.64. The normalized spacial score (nSPS) is 17.4. The van der Waals surface area contributed by atoms with Gasteiger partial charge >= 0.3 is 0 Å². The molecule has 1 N–H and O–H groups in total. The van der Waals surface area contributed by atoms with E-state index in [9.17, 15) is 5.11 Å². The summed E-state index contributed by atoms with van der Waals surface area (Å²) in [4.78, 5) is 3.51. The fraction of sp³-hybridized carbons (Fsp3) is 0.250. The molecular weight excluding hydrogens is 398 g/mol. The van der Waals surface area contributed by atoms with Crippen molar-refractivity contribution in [3.05, 3.63) is 71.8 Å². The van der Waals surface area contributed by atoms with Crippen LogP contribution in [0.25, 0.3) is 0 Å². The summed E-state index contributed by atoms with van der Waals surface area (Å²) in [6.45, 7) is 1.81. The van der Waals surface area contributed by atoms with Crippen molar-refractivity contribution in [2.75, 3.05) is 25.3 Å². The molecule has 0 radical (unpaired) electrons. The van der Waals surface area contributed by atoms with Crippen LogP contribution in [0.15, 0.2) is 65.6 Å². The Morgan fingerprint density at radius 2 is 1.93 bits per heavy atom. The molecule has 5 rings (SSSR count). The summed E-state index contributed by atoms with van der Waals surface area (Å²) in [5, 5.41) is 10.6. The van der Waals surface area contributed by atoms with Gasteiger partial charge in [-0.05, 0) is 48.4 Å². The molecule has 0 saturated carbocycles. The van der Waals surface area contributed by atoms with Gasteiger partial charge in [0.2, 0.25) is 6.79 Å². The highest BCUT2D eigenvalue weighted by Crippen LogP contribution is 2.48. The molecule has 0 amide bonds. The van der Waals surface area contributed by atoms with E-state index >= 15 is 0 Å². The highest BCUT2D eigenvalue weighted by atomic mass is 32.2. The third kappa shape index (κ3) is 3.63. The van der Waals surface area contributed by atoms with Crippen molar-refractivity contribution in [2.45, 2.75) is 23.1 Å². The molecular formula is C24H23NO4S. The predicted molar refractivity (Wildman–Crippen MR) is 118 cm³/mol. The minimum absolute atomic E-state index is 0.278. The van der Waals surface area contributed by atoms with E-state index in [0.29, 0.717) is 12.3 Å². The molecule has 2 heterocycles. The van der Waals surface area contributed by atoms with Crippen LogP contribution in [-0.2, 0) is 6.54 Å². The number of ether oxygens (including phenoxy) is 3. The average Bonchev–Trinajstić information content (AvgIpc) is 3.17. The first-order valence-electron chi connectivity index (χ1n) is 9.97. The maximum atomic E-state index is 10.3. The van der Waals surface area contributed by atoms with Crippen molar-refractivity contribution in [1.82, 2.24) is 0 Å². The molecule has 3 aromatic carbocycles. The minimum atomic E-state index is 0.278. The van der Waals surface area contributed by atoms with Gasteiger partial charge in [-0.1, -0.05) is 24.3 Å². The first-order valence-corrected chi connectivity index (χ1v) is 10.9. The molecule has 30 heavy (non-hydrogen) atoms. The second kappa shape index (κ2) is 8.03. The van der Waals surface area contributed by atoms with Crippen LogP contribution in [0.3, 0.4) is 0 Å². The molecule has 2 aliphatic heterocycles. The lowest BCUT2D eigenvalue weighted by Gasteiger charge is -2.25. The summed E-state index contributed by atoms with van der Waals surface area (Å²) >= 11 is 1.84. The summed E-state index contributed by atoms with van der Waals surface area (Å²) in [7, 11) is 1.69. The number of hydrogen-bond donors (Lipinski definition) is 1. The fourth-order valence-corrected chi connectivity index (χ4v) is 5.26. The molecule has 2 aliphatic rings. The highest BCUT2D eigenvalue weighted by molar-refractivity contribution is 7.99. The zero-order valence-corrected chi connectivity index (χ0v) is 17.5. The summed E-state index contributed by atoms with van der Waals surface area (Å²) in [6, 6.07) is 20.0. The van der Waals surface area contributed by atoms with E-state index in [1.54, 1.807) is 13.2 Å². The first-order chi connectivity index (χ1) is 14.7. The number of thioether (sulfide) groups is 1. The summed E-state index contributed by atoms with van der Waals surface area (Å²) in [5.74, 6) is 2.79. The van der Waals surface area contributed by atoms with Crippen LogP contribution in [0.5, 0.6) is 23.0 Å². The number of fused-ring (bicyclic) bond motifs is 2. The molecule has 3 aromatic rings. The lowest BCUT2D eigenvalue weighted by atomic mass is 10.1. The minimum Gasteiger partial charge on any atom is -0.508 e. The number of phenolic OH excluding ortho intramolecular Hbond substituents is 1. The lowest BCUT2D eigenvalue weighted by Crippen LogP contribution is -2.24. The molecule has 0 bridgehead atoms. The van der Waals surface area contributed by atoms with Crippen LogP contribution < -0.4 is 19.1 Å². The largest absolute Gasteiger partial charge is 0.508 e. The number of benzene rings is 3. The maximum Gasteiger partial charge on any atom is 0.231 e. The maximum absolute atomic E-state index is 10.3. The Balaban J connectivity index is 1.49. The number of hydrogen-bond acceptors (Lipinski definition) is 6. The molecule has 6 heteroatoms. The van der Waals surface area contributed by atoms with Crippen LogP contribution >= 0.6 is 11.8 Å². The molecule has 0 aliphatic carbocycles. The smallest absolute Gasteiger partial charge is 0.231 e. The molecule has 154 valence electrons. The van der Waals surface area contributed by atoms with Gasteiger partial charge in [0.1, 0.15) is 11.5 Å². The number of para-hydroxylation sites is 1. The SMILES string of the molecule is COc1ccc2c(c1)S[C@@H](c1ccc3c(c1)OCO3)CCN2Cc1ccccc1O. The molecule has 0 fully saturated rings. The van der Waals surface area contributed by atoms with Crippen LogP contribution in [-0.4, -0.2) is 25.6 Å². The van der Waals surface area contributed by atoms with Crippen molar-refractivity contribution >= 4 is 17.4 Å². The average molecular weight is 422 g/mol. The monoisotopic (exact) mass is 421 g/mol. The van der Waals surface area contributed by atoms with E-state index in [1.807, 2.05) is 42.1 Å². The topological polar surface area (TPSA) is 51.2 Å². The van der Waals surface area contributed by atoms with Crippen molar-refractivity contribution in [3.8, 4) is 23.0 Å². The molecule has 0 saturated heterocycles. The number of anilines is 1. The third-order valence-corrected chi connectivity index (χ3v) is 6.93. The number of rotatable bonds is 4. The van der Waals surface area contributed by atoms with E-state index < -0.39 is 0 Å². The van der Waals surface area contributed by atoms with E-state index in [2.05, 4.69) is 29.2 Å². The van der Waals surface area contributed by atoms with Crippen LogP contribution in [0.2, 0.25) is 0 Å². The summed E-state index contributed by atoms with van der Waals surface area (Å²) in [5.41, 5.74) is 3.31.